The van der Waals surface area contributed by atoms with Crippen molar-refractivity contribution in [3.8, 4) is 11.1 Å². The molecule has 5 heterocycles. The van der Waals surface area contributed by atoms with E-state index in [-0.39, 0.29) is 18.2 Å². The third-order valence-electron chi connectivity index (χ3n) is 7.53. The van der Waals surface area contributed by atoms with Gasteiger partial charge in [-0.1, -0.05) is 6.07 Å². The largest absolute Gasteiger partial charge is 0.378 e. The van der Waals surface area contributed by atoms with Gasteiger partial charge < -0.3 is 29.6 Å². The number of fused-ring (bicyclic) bond motifs is 2. The number of amides is 2. The van der Waals surface area contributed by atoms with Crippen LogP contribution in [0.5, 0.6) is 0 Å². The first kappa shape index (κ1) is 22.5. The molecule has 0 unspecified atom stereocenters. The van der Waals surface area contributed by atoms with E-state index in [1.807, 2.05) is 29.1 Å². The number of hydrogen-bond donors (Lipinski definition) is 2. The zero-order valence-electron chi connectivity index (χ0n) is 20.5. The van der Waals surface area contributed by atoms with Gasteiger partial charge in [0.15, 0.2) is 0 Å². The van der Waals surface area contributed by atoms with Crippen molar-refractivity contribution in [3.63, 3.8) is 0 Å². The Morgan fingerprint density at radius 1 is 1.14 bits per heavy atom. The average Bonchev–Trinajstić information content (AvgIpc) is 3.27. The van der Waals surface area contributed by atoms with E-state index < -0.39 is 0 Å². The summed E-state index contributed by atoms with van der Waals surface area (Å²) in [6.07, 6.45) is 4.88. The molecule has 2 fully saturated rings. The molecule has 8 nitrogen and oxygen atoms in total. The summed E-state index contributed by atoms with van der Waals surface area (Å²) in [7, 11) is 0. The summed E-state index contributed by atoms with van der Waals surface area (Å²) in [5.74, 6) is 0. The molecule has 0 saturated carbocycles. The highest BCUT2D eigenvalue weighted by Gasteiger charge is 2.31. The van der Waals surface area contributed by atoms with Gasteiger partial charge >= 0.3 is 6.03 Å². The molecule has 2 N–H and O–H groups in total. The van der Waals surface area contributed by atoms with Crippen LogP contribution < -0.4 is 5.32 Å². The molecule has 6 rings (SSSR count). The van der Waals surface area contributed by atoms with Crippen LogP contribution in [0.2, 0.25) is 0 Å². The lowest BCUT2D eigenvalue weighted by molar-refractivity contribution is -0.00977. The summed E-state index contributed by atoms with van der Waals surface area (Å²) in [5, 5.41) is 4.79. The fourth-order valence-electron chi connectivity index (χ4n) is 5.59. The number of aryl methyl sites for hydroxylation is 1. The smallest absolute Gasteiger partial charge is 0.320 e. The van der Waals surface area contributed by atoms with Crippen LogP contribution in [0.15, 0.2) is 30.6 Å². The van der Waals surface area contributed by atoms with Gasteiger partial charge in [-0.15, -0.1) is 0 Å². The zero-order valence-corrected chi connectivity index (χ0v) is 20.5. The van der Waals surface area contributed by atoms with Gasteiger partial charge in [-0.05, 0) is 60.2 Å². The first-order valence-electron chi connectivity index (χ1n) is 12.6. The third kappa shape index (κ3) is 4.30. The minimum Gasteiger partial charge on any atom is -0.378 e. The number of aromatic nitrogens is 2. The van der Waals surface area contributed by atoms with E-state index in [9.17, 15) is 4.79 Å². The lowest BCUT2D eigenvalue weighted by atomic mass is 9.87. The van der Waals surface area contributed by atoms with E-state index in [1.54, 1.807) is 0 Å². The van der Waals surface area contributed by atoms with E-state index in [0.717, 1.165) is 42.7 Å². The van der Waals surface area contributed by atoms with Crippen molar-refractivity contribution in [2.75, 3.05) is 46.0 Å². The number of carbonyl (C=O) groups excluding carboxylic acids is 1. The van der Waals surface area contributed by atoms with E-state index >= 15 is 0 Å². The van der Waals surface area contributed by atoms with Crippen molar-refractivity contribution in [1.82, 2.24) is 25.1 Å². The van der Waals surface area contributed by atoms with Crippen LogP contribution in [0, 0.1) is 6.92 Å². The molecular formula is C27H33N5O3. The van der Waals surface area contributed by atoms with E-state index in [1.165, 1.54) is 27.8 Å². The van der Waals surface area contributed by atoms with Crippen LogP contribution in [-0.2, 0) is 22.4 Å². The van der Waals surface area contributed by atoms with Crippen LogP contribution >= 0.6 is 0 Å². The van der Waals surface area contributed by atoms with Gasteiger partial charge in [0.25, 0.3) is 0 Å². The fraction of sp³-hybridized carbons (Fsp3) is 0.481. The normalized spacial score (nSPS) is 22.9. The molecule has 3 aliphatic rings. The average molecular weight is 476 g/mol. The van der Waals surface area contributed by atoms with Crippen LogP contribution in [0.3, 0.4) is 0 Å². The van der Waals surface area contributed by atoms with Gasteiger partial charge in [0.05, 0.1) is 32.0 Å². The molecule has 0 spiro atoms. The van der Waals surface area contributed by atoms with E-state index in [2.05, 4.69) is 40.4 Å². The van der Waals surface area contributed by atoms with Crippen LogP contribution in [0.1, 0.15) is 35.2 Å². The number of benzene rings is 1. The second-order valence-electron chi connectivity index (χ2n) is 9.96. The predicted molar refractivity (Wildman–Crippen MR) is 134 cm³/mol. The highest BCUT2D eigenvalue weighted by Crippen LogP contribution is 2.35. The Morgan fingerprint density at radius 3 is 2.89 bits per heavy atom. The number of hydrogen-bond acceptors (Lipinski definition) is 5. The minimum absolute atomic E-state index is 0.0843. The number of carbonyl (C=O) groups is 1. The van der Waals surface area contributed by atoms with E-state index in [4.69, 9.17) is 9.47 Å². The van der Waals surface area contributed by atoms with Gasteiger partial charge in [-0.3, -0.25) is 0 Å². The third-order valence-corrected chi connectivity index (χ3v) is 7.53. The molecule has 1 aromatic carbocycles. The maximum Gasteiger partial charge on any atom is 0.320 e. The van der Waals surface area contributed by atoms with Crippen molar-refractivity contribution < 1.29 is 14.3 Å². The maximum absolute atomic E-state index is 13.4. The molecule has 0 bridgehead atoms. The monoisotopic (exact) mass is 475 g/mol. The first-order valence-corrected chi connectivity index (χ1v) is 12.6. The number of rotatable bonds is 2. The molecule has 2 amide bonds. The predicted octanol–water partition coefficient (Wildman–Crippen LogP) is 3.40. The Balaban J connectivity index is 1.36. The molecule has 3 aromatic rings. The number of H-pyrrole nitrogens is 1. The summed E-state index contributed by atoms with van der Waals surface area (Å²) in [6.45, 7) is 9.59. The maximum atomic E-state index is 13.4. The molecule has 2 saturated heterocycles. The van der Waals surface area contributed by atoms with Gasteiger partial charge in [-0.25, -0.2) is 9.78 Å². The summed E-state index contributed by atoms with van der Waals surface area (Å²) >= 11 is 0. The Hall–Kier alpha value is -2.94. The number of ether oxygens (including phenoxy) is 2. The topological polar surface area (TPSA) is 82.7 Å². The van der Waals surface area contributed by atoms with Gasteiger partial charge in [0, 0.05) is 56.1 Å². The molecule has 2 aromatic heterocycles. The first-order chi connectivity index (χ1) is 17.1. The number of nitrogens with zero attached hydrogens (tertiary/aromatic N) is 3. The summed E-state index contributed by atoms with van der Waals surface area (Å²) in [5.41, 5.74) is 8.19. The molecular weight excluding hydrogens is 442 g/mol. The van der Waals surface area contributed by atoms with Gasteiger partial charge in [0.1, 0.15) is 5.65 Å². The van der Waals surface area contributed by atoms with Crippen molar-refractivity contribution in [1.29, 1.82) is 0 Å². The molecule has 184 valence electrons. The van der Waals surface area contributed by atoms with Crippen LogP contribution in [-0.4, -0.2) is 77.9 Å². The lowest BCUT2D eigenvalue weighted by Gasteiger charge is -2.38. The second-order valence-corrected chi connectivity index (χ2v) is 9.96. The Labute approximate surface area is 205 Å². The second kappa shape index (κ2) is 9.26. The van der Waals surface area contributed by atoms with Gasteiger partial charge in [-0.2, -0.15) is 0 Å². The quantitative estimate of drug-likeness (QED) is 0.594. The summed E-state index contributed by atoms with van der Waals surface area (Å²) < 4.78 is 11.5. The highest BCUT2D eigenvalue weighted by atomic mass is 16.5. The molecule has 0 aliphatic carbocycles. The van der Waals surface area contributed by atoms with Crippen LogP contribution in [0.4, 0.5) is 4.79 Å². The number of nitrogens with one attached hydrogen (secondary N) is 2. The van der Waals surface area contributed by atoms with Crippen molar-refractivity contribution in [2.45, 2.75) is 39.0 Å². The van der Waals surface area contributed by atoms with Crippen molar-refractivity contribution >= 4 is 17.1 Å². The lowest BCUT2D eigenvalue weighted by Crippen LogP contribution is -2.51. The zero-order chi connectivity index (χ0) is 23.9. The summed E-state index contributed by atoms with van der Waals surface area (Å²) in [6, 6.07) is 7.03. The Bertz CT molecular complexity index is 1250. The fourth-order valence-corrected chi connectivity index (χ4v) is 5.59. The molecule has 0 radical (unpaired) electrons. The number of morpholine rings is 2. The molecule has 8 heteroatoms. The molecule has 2 atom stereocenters. The highest BCUT2D eigenvalue weighted by molar-refractivity contribution is 5.84. The minimum atomic E-state index is 0.0843. The summed E-state index contributed by atoms with van der Waals surface area (Å²) in [4.78, 5) is 25.2. The van der Waals surface area contributed by atoms with E-state index in [0.29, 0.717) is 32.8 Å². The molecule has 3 aliphatic heterocycles. The van der Waals surface area contributed by atoms with Crippen LogP contribution in [0.25, 0.3) is 22.2 Å². The Kier molecular flexibility index (Phi) is 5.96. The number of urea groups is 1. The SMILES string of the molecule is Cc1c[nH]c2ncc(-c3cc4c(c([C@@H]5COCCN5)c3)CN(C(=O)N3CCO[C@H](C)C3)CC4)cc12. The van der Waals surface area contributed by atoms with Gasteiger partial charge in [0.2, 0.25) is 0 Å². The number of pyridine rings is 1. The standard InChI is InChI=1S/C27H33N5O3/c1-17-12-29-26-22(17)11-21(13-30-26)20-9-19-3-5-31(27(33)32-6-8-35-18(2)14-32)15-24(19)23(10-20)25-16-34-7-4-28-25/h9-13,18,25,28H,3-8,14-16H2,1-2H3,(H,29,30)/t18-,25+/m1/s1. The van der Waals surface area contributed by atoms with Crippen molar-refractivity contribution in [3.05, 3.63) is 52.8 Å². The Morgan fingerprint density at radius 2 is 2.06 bits per heavy atom. The number of aromatic amines is 1. The van der Waals surface area contributed by atoms with Crippen molar-refractivity contribution in [2.24, 2.45) is 0 Å². The molecule has 35 heavy (non-hydrogen) atoms.